The van der Waals surface area contributed by atoms with Crippen molar-refractivity contribution in [3.05, 3.63) is 72.4 Å². The van der Waals surface area contributed by atoms with Crippen molar-refractivity contribution >= 4 is 27.7 Å². The first kappa shape index (κ1) is 21.5. The van der Waals surface area contributed by atoms with E-state index in [0.717, 1.165) is 82.4 Å². The van der Waals surface area contributed by atoms with Gasteiger partial charge in [0.25, 0.3) is 0 Å². The first-order valence-electron chi connectivity index (χ1n) is 12.9. The van der Waals surface area contributed by atoms with Crippen LogP contribution in [0, 0.1) is 18.3 Å². The van der Waals surface area contributed by atoms with Gasteiger partial charge < -0.3 is 9.88 Å². The predicted molar refractivity (Wildman–Crippen MR) is 143 cm³/mol. The van der Waals surface area contributed by atoms with Crippen LogP contribution >= 0.6 is 0 Å². The van der Waals surface area contributed by atoms with E-state index < -0.39 is 0 Å². The molecule has 0 bridgehead atoms. The Balaban J connectivity index is 1.31. The normalized spacial score (nSPS) is 19.9. The number of aryl methyl sites for hydroxylation is 1. The van der Waals surface area contributed by atoms with Gasteiger partial charge in [-0.05, 0) is 67.6 Å². The molecule has 1 atom stereocenters. The molecule has 6 heteroatoms. The summed E-state index contributed by atoms with van der Waals surface area (Å²) in [4.78, 5) is 18.6. The number of fused-ring (bicyclic) bond motifs is 2. The first-order valence-corrected chi connectivity index (χ1v) is 12.9. The van der Waals surface area contributed by atoms with Crippen LogP contribution in [0.3, 0.4) is 0 Å². The van der Waals surface area contributed by atoms with Gasteiger partial charge in [0.2, 0.25) is 0 Å². The zero-order chi connectivity index (χ0) is 24.3. The Morgan fingerprint density at radius 3 is 2.64 bits per heavy atom. The first-order chi connectivity index (χ1) is 17.6. The molecule has 3 heterocycles. The fourth-order valence-electron chi connectivity index (χ4n) is 5.85. The van der Waals surface area contributed by atoms with Crippen LogP contribution in [0.5, 0.6) is 0 Å². The summed E-state index contributed by atoms with van der Waals surface area (Å²) in [5.41, 5.74) is 7.34. The van der Waals surface area contributed by atoms with Crippen molar-refractivity contribution in [3.8, 4) is 22.5 Å². The number of benzene rings is 3. The molecule has 2 N–H and O–H groups in total. The minimum absolute atomic E-state index is 0.247. The highest BCUT2D eigenvalue weighted by molar-refractivity contribution is 5.90. The van der Waals surface area contributed by atoms with Crippen LogP contribution in [0.25, 0.3) is 44.5 Å². The lowest BCUT2D eigenvalue weighted by atomic mass is 9.80. The summed E-state index contributed by atoms with van der Waals surface area (Å²) >= 11 is 0. The number of imidazole rings is 1. The molecular weight excluding hydrogens is 446 g/mol. The number of ketones is 1. The molecule has 3 aromatic carbocycles. The molecule has 180 valence electrons. The van der Waals surface area contributed by atoms with Crippen molar-refractivity contribution in [2.75, 3.05) is 13.1 Å². The smallest absolute Gasteiger partial charge is 0.145 e. The molecule has 1 saturated heterocycles. The molecule has 1 aliphatic heterocycles. The van der Waals surface area contributed by atoms with E-state index in [1.165, 1.54) is 0 Å². The van der Waals surface area contributed by atoms with Crippen LogP contribution < -0.4 is 5.32 Å². The number of H-pyrrole nitrogens is 1. The molecule has 2 aliphatic rings. The fourth-order valence-corrected chi connectivity index (χ4v) is 5.85. The number of Topliss-reactive ketones (excluding diaryl/α,β-unsaturated/α-hetero) is 1. The molecule has 7 rings (SSSR count). The molecule has 1 saturated carbocycles. The lowest BCUT2D eigenvalue weighted by Gasteiger charge is -2.28. The van der Waals surface area contributed by atoms with Crippen LogP contribution in [-0.4, -0.2) is 38.6 Å². The maximum atomic E-state index is 13.5. The molecule has 5 aromatic rings. The van der Waals surface area contributed by atoms with Crippen molar-refractivity contribution in [3.63, 3.8) is 0 Å². The van der Waals surface area contributed by atoms with Gasteiger partial charge in [0.1, 0.15) is 11.6 Å². The maximum Gasteiger partial charge on any atom is 0.145 e. The average molecular weight is 476 g/mol. The third-order valence-electron chi connectivity index (χ3n) is 8.07. The second kappa shape index (κ2) is 8.14. The zero-order valence-corrected chi connectivity index (χ0v) is 20.4. The van der Waals surface area contributed by atoms with Crippen LogP contribution in [0.2, 0.25) is 0 Å². The molecular formula is C30H29N5O. The van der Waals surface area contributed by atoms with E-state index >= 15 is 0 Å². The molecule has 36 heavy (non-hydrogen) atoms. The van der Waals surface area contributed by atoms with Crippen molar-refractivity contribution in [1.82, 2.24) is 25.1 Å². The summed E-state index contributed by atoms with van der Waals surface area (Å²) in [6.07, 6.45) is 4.84. The van der Waals surface area contributed by atoms with Crippen molar-refractivity contribution in [2.45, 2.75) is 32.7 Å². The highest BCUT2D eigenvalue weighted by atomic mass is 16.1. The highest BCUT2D eigenvalue weighted by Gasteiger charge is 2.48. The second-order valence-corrected chi connectivity index (χ2v) is 10.6. The Morgan fingerprint density at radius 1 is 1.06 bits per heavy atom. The third-order valence-corrected chi connectivity index (χ3v) is 8.07. The predicted octanol–water partition coefficient (Wildman–Crippen LogP) is 5.51. The Bertz CT molecular complexity index is 1600. The van der Waals surface area contributed by atoms with E-state index in [2.05, 4.69) is 87.7 Å². The Kier molecular flexibility index (Phi) is 4.86. The van der Waals surface area contributed by atoms with Crippen molar-refractivity contribution in [1.29, 1.82) is 0 Å². The lowest BCUT2D eigenvalue weighted by Crippen LogP contribution is -2.39. The summed E-state index contributed by atoms with van der Waals surface area (Å²) in [5, 5.41) is 11.7. The van der Waals surface area contributed by atoms with Crippen LogP contribution in [0.15, 0.2) is 66.9 Å². The van der Waals surface area contributed by atoms with E-state index in [4.69, 9.17) is 4.98 Å². The quantitative estimate of drug-likeness (QED) is 0.339. The number of rotatable bonds is 6. The maximum absolute atomic E-state index is 13.5. The number of carbonyl (C=O) groups excluding carboxylic acids is 1. The molecule has 2 aromatic heterocycles. The summed E-state index contributed by atoms with van der Waals surface area (Å²) < 4.78 is 2.31. The Morgan fingerprint density at radius 2 is 1.86 bits per heavy atom. The number of aromatic amines is 1. The minimum atomic E-state index is -0.354. The molecule has 6 nitrogen and oxygen atoms in total. The van der Waals surface area contributed by atoms with Crippen molar-refractivity contribution < 1.29 is 4.79 Å². The summed E-state index contributed by atoms with van der Waals surface area (Å²) in [6, 6.07) is 21.3. The van der Waals surface area contributed by atoms with Gasteiger partial charge in [0, 0.05) is 30.0 Å². The number of hydrogen-bond acceptors (Lipinski definition) is 4. The minimum Gasteiger partial charge on any atom is -0.323 e. The molecule has 0 spiro atoms. The van der Waals surface area contributed by atoms with Gasteiger partial charge in [-0.2, -0.15) is 5.10 Å². The standard InChI is InChI=1S/C30H29N5O/c1-19-3-2-4-26-27(19)33-29(35(26)18-30(13-14-31-17-30)28(36)21-7-8-21)22-9-5-20(6-10-22)23-11-12-25-24(15-23)16-32-34-25/h2-6,9-12,15-16,21,31H,7-8,13-14,17-18H2,1H3,(H,32,34)/t30-/m0/s1. The van der Waals surface area contributed by atoms with Crippen LogP contribution in [0.4, 0.5) is 0 Å². The largest absolute Gasteiger partial charge is 0.323 e. The molecule has 0 unspecified atom stereocenters. The van der Waals surface area contributed by atoms with E-state index in [0.29, 0.717) is 12.3 Å². The molecule has 1 aliphatic carbocycles. The number of hydrogen-bond donors (Lipinski definition) is 2. The van der Waals surface area contributed by atoms with E-state index in [9.17, 15) is 4.79 Å². The zero-order valence-electron chi connectivity index (χ0n) is 20.4. The van der Waals surface area contributed by atoms with Gasteiger partial charge >= 0.3 is 0 Å². The number of nitrogens with zero attached hydrogens (tertiary/aromatic N) is 3. The second-order valence-electron chi connectivity index (χ2n) is 10.6. The number of aromatic nitrogens is 4. The molecule has 2 fully saturated rings. The third kappa shape index (κ3) is 3.47. The monoisotopic (exact) mass is 475 g/mol. The average Bonchev–Trinajstić information content (AvgIpc) is 3.29. The Labute approximate surface area is 209 Å². The summed E-state index contributed by atoms with van der Waals surface area (Å²) in [6.45, 7) is 4.43. The number of para-hydroxylation sites is 1. The van der Waals surface area contributed by atoms with Crippen LogP contribution in [0.1, 0.15) is 24.8 Å². The summed E-state index contributed by atoms with van der Waals surface area (Å²) in [5.74, 6) is 1.63. The Hall–Kier alpha value is -3.77. The van der Waals surface area contributed by atoms with Gasteiger partial charge in [-0.1, -0.05) is 42.5 Å². The van der Waals surface area contributed by atoms with E-state index in [-0.39, 0.29) is 11.3 Å². The van der Waals surface area contributed by atoms with Gasteiger partial charge in [-0.3, -0.25) is 9.89 Å². The summed E-state index contributed by atoms with van der Waals surface area (Å²) in [7, 11) is 0. The van der Waals surface area contributed by atoms with Crippen LogP contribution in [-0.2, 0) is 11.3 Å². The van der Waals surface area contributed by atoms with E-state index in [1.54, 1.807) is 0 Å². The molecule has 0 radical (unpaired) electrons. The van der Waals surface area contributed by atoms with Gasteiger partial charge in [-0.15, -0.1) is 0 Å². The fraction of sp³-hybridized carbons (Fsp3) is 0.300. The molecule has 0 amide bonds. The highest BCUT2D eigenvalue weighted by Crippen LogP contribution is 2.42. The number of nitrogens with one attached hydrogen (secondary N) is 2. The van der Waals surface area contributed by atoms with E-state index in [1.807, 2.05) is 6.20 Å². The van der Waals surface area contributed by atoms with Gasteiger partial charge in [0.15, 0.2) is 0 Å². The number of carbonyl (C=O) groups is 1. The SMILES string of the molecule is Cc1cccc2c1nc(-c1ccc(-c3ccc4[nH]ncc4c3)cc1)n2C[C@]1(C(=O)C2CC2)CCNC1. The van der Waals surface area contributed by atoms with Gasteiger partial charge in [-0.25, -0.2) is 4.98 Å². The van der Waals surface area contributed by atoms with Crippen molar-refractivity contribution in [2.24, 2.45) is 11.3 Å². The lowest BCUT2D eigenvalue weighted by molar-refractivity contribution is -0.129. The van der Waals surface area contributed by atoms with Gasteiger partial charge in [0.05, 0.1) is 28.2 Å². The topological polar surface area (TPSA) is 75.6 Å².